The Kier molecular flexibility index (Phi) is 4.16. The van der Waals surface area contributed by atoms with Gasteiger partial charge in [-0.25, -0.2) is 8.42 Å². The zero-order valence-electron chi connectivity index (χ0n) is 8.90. The molecule has 96 valence electrons. The Balaban J connectivity index is 2.29. The summed E-state index contributed by atoms with van der Waals surface area (Å²) < 4.78 is 26.9. The van der Waals surface area contributed by atoms with Crippen molar-refractivity contribution in [3.63, 3.8) is 0 Å². The van der Waals surface area contributed by atoms with E-state index in [0.29, 0.717) is 21.9 Å². The smallest absolute Gasteiger partial charge is 0.252 e. The molecule has 4 nitrogen and oxygen atoms in total. The summed E-state index contributed by atoms with van der Waals surface area (Å²) in [5, 5.41) is 0.426. The minimum atomic E-state index is -3.44. The third kappa shape index (κ3) is 2.85. The van der Waals surface area contributed by atoms with Gasteiger partial charge in [0, 0.05) is 19.1 Å². The number of piperidine rings is 1. The maximum absolute atomic E-state index is 12.3. The van der Waals surface area contributed by atoms with Crippen LogP contribution < -0.4 is 5.73 Å². The molecule has 1 saturated heterocycles. The van der Waals surface area contributed by atoms with Gasteiger partial charge in [0.1, 0.15) is 4.21 Å². The van der Waals surface area contributed by atoms with Crippen molar-refractivity contribution in [2.24, 2.45) is 5.73 Å². The maximum Gasteiger partial charge on any atom is 0.252 e. The number of thiophene rings is 1. The number of rotatable bonds is 2. The molecule has 2 N–H and O–H groups in total. The molecule has 1 aliphatic heterocycles. The molecule has 2 rings (SSSR count). The van der Waals surface area contributed by atoms with E-state index in [2.05, 4.69) is 15.9 Å². The lowest BCUT2D eigenvalue weighted by Crippen LogP contribution is -2.45. The van der Waals surface area contributed by atoms with Crippen molar-refractivity contribution in [3.05, 3.63) is 14.9 Å². The van der Waals surface area contributed by atoms with E-state index in [1.807, 2.05) is 0 Å². The fourth-order valence-electron chi connectivity index (χ4n) is 1.77. The number of sulfonamides is 1. The van der Waals surface area contributed by atoms with E-state index in [9.17, 15) is 8.42 Å². The highest BCUT2D eigenvalue weighted by Crippen LogP contribution is 2.36. The summed E-state index contributed by atoms with van der Waals surface area (Å²) in [5.74, 6) is 0. The molecule has 1 atom stereocenters. The first-order valence-corrected chi connectivity index (χ1v) is 8.54. The number of hydrogen-bond donors (Lipinski definition) is 1. The highest BCUT2D eigenvalue weighted by Gasteiger charge is 2.30. The van der Waals surface area contributed by atoms with Crippen LogP contribution in [-0.4, -0.2) is 31.9 Å². The number of hydrogen-bond acceptors (Lipinski definition) is 4. The second-order valence-electron chi connectivity index (χ2n) is 3.95. The second kappa shape index (κ2) is 5.14. The topological polar surface area (TPSA) is 63.4 Å². The van der Waals surface area contributed by atoms with Gasteiger partial charge in [0.25, 0.3) is 10.0 Å². The van der Waals surface area contributed by atoms with Crippen LogP contribution in [0.5, 0.6) is 0 Å². The largest absolute Gasteiger partial charge is 0.327 e. The molecule has 0 aromatic carbocycles. The Hall–Kier alpha value is 0.340. The first-order valence-electron chi connectivity index (χ1n) is 5.12. The summed E-state index contributed by atoms with van der Waals surface area (Å²) in [6.07, 6.45) is 1.68. The van der Waals surface area contributed by atoms with Crippen LogP contribution in [-0.2, 0) is 10.0 Å². The quantitative estimate of drug-likeness (QED) is 0.881. The molecule has 17 heavy (non-hydrogen) atoms. The van der Waals surface area contributed by atoms with Gasteiger partial charge in [0.2, 0.25) is 0 Å². The average molecular weight is 360 g/mol. The number of nitrogens with two attached hydrogens (primary N) is 1. The van der Waals surface area contributed by atoms with Crippen molar-refractivity contribution in [2.75, 3.05) is 13.1 Å². The highest BCUT2D eigenvalue weighted by atomic mass is 79.9. The summed E-state index contributed by atoms with van der Waals surface area (Å²) in [6.45, 7) is 0.915. The molecule has 0 unspecified atom stereocenters. The van der Waals surface area contributed by atoms with Gasteiger partial charge in [-0.1, -0.05) is 11.6 Å². The molecule has 1 aromatic rings. The molecule has 0 amide bonds. The Morgan fingerprint density at radius 1 is 1.59 bits per heavy atom. The van der Waals surface area contributed by atoms with Crippen LogP contribution in [0.4, 0.5) is 0 Å². The highest BCUT2D eigenvalue weighted by molar-refractivity contribution is 9.11. The van der Waals surface area contributed by atoms with Gasteiger partial charge in [0.05, 0.1) is 8.81 Å². The SMILES string of the molecule is N[C@@H]1CCCN(S(=O)(=O)c2cc(Cl)c(Br)s2)C1. The Morgan fingerprint density at radius 3 is 2.82 bits per heavy atom. The fourth-order valence-corrected chi connectivity index (χ4v) is 5.86. The zero-order valence-corrected chi connectivity index (χ0v) is 12.9. The summed E-state index contributed by atoms with van der Waals surface area (Å²) in [7, 11) is -3.44. The first-order chi connectivity index (χ1) is 7.91. The molecule has 1 aromatic heterocycles. The molecular formula is C9H12BrClN2O2S2. The third-order valence-corrected chi connectivity index (χ3v) is 7.43. The molecule has 1 aliphatic rings. The Morgan fingerprint density at radius 2 is 2.29 bits per heavy atom. The lowest BCUT2D eigenvalue weighted by atomic mass is 10.1. The van der Waals surface area contributed by atoms with Crippen LogP contribution in [0.15, 0.2) is 14.1 Å². The van der Waals surface area contributed by atoms with Crippen LogP contribution in [0, 0.1) is 0 Å². The predicted octanol–water partition coefficient (Wildman–Crippen LogP) is 2.28. The summed E-state index contributed by atoms with van der Waals surface area (Å²) in [4.78, 5) is 0. The van der Waals surface area contributed by atoms with E-state index in [-0.39, 0.29) is 10.3 Å². The summed E-state index contributed by atoms with van der Waals surface area (Å²) >= 11 is 10.2. The van der Waals surface area contributed by atoms with Crippen molar-refractivity contribution in [2.45, 2.75) is 23.1 Å². The normalized spacial score (nSPS) is 22.9. The van der Waals surface area contributed by atoms with Crippen LogP contribution >= 0.6 is 38.9 Å². The number of nitrogens with zero attached hydrogens (tertiary/aromatic N) is 1. The predicted molar refractivity (Wildman–Crippen MR) is 73.0 cm³/mol. The fraction of sp³-hybridized carbons (Fsp3) is 0.556. The van der Waals surface area contributed by atoms with Gasteiger partial charge >= 0.3 is 0 Å². The van der Waals surface area contributed by atoms with Crippen molar-refractivity contribution in [3.8, 4) is 0 Å². The Labute approximate surface area is 118 Å². The van der Waals surface area contributed by atoms with Gasteiger partial charge in [-0.15, -0.1) is 11.3 Å². The van der Waals surface area contributed by atoms with Gasteiger partial charge in [-0.3, -0.25) is 0 Å². The summed E-state index contributed by atoms with van der Waals surface area (Å²) in [6, 6.07) is 1.41. The molecule has 0 bridgehead atoms. The monoisotopic (exact) mass is 358 g/mol. The van der Waals surface area contributed by atoms with Gasteiger partial charge in [-0.05, 0) is 34.8 Å². The van der Waals surface area contributed by atoms with Crippen molar-refractivity contribution >= 4 is 48.9 Å². The molecule has 1 fully saturated rings. The van der Waals surface area contributed by atoms with Gasteiger partial charge < -0.3 is 5.73 Å². The molecular weight excluding hydrogens is 348 g/mol. The lowest BCUT2D eigenvalue weighted by molar-refractivity contribution is 0.316. The average Bonchev–Trinajstić information content (AvgIpc) is 2.60. The van der Waals surface area contributed by atoms with Crippen LogP contribution in [0.3, 0.4) is 0 Å². The van der Waals surface area contributed by atoms with Crippen LogP contribution in [0.1, 0.15) is 12.8 Å². The first kappa shape index (κ1) is 13.8. The minimum absolute atomic E-state index is 0.0719. The molecule has 0 radical (unpaired) electrons. The molecule has 0 spiro atoms. The molecule has 0 saturated carbocycles. The molecule has 8 heteroatoms. The zero-order chi connectivity index (χ0) is 12.6. The maximum atomic E-state index is 12.3. The van der Waals surface area contributed by atoms with E-state index < -0.39 is 10.0 Å². The molecule has 2 heterocycles. The van der Waals surface area contributed by atoms with E-state index in [1.165, 1.54) is 10.4 Å². The lowest BCUT2D eigenvalue weighted by Gasteiger charge is -2.29. The molecule has 0 aliphatic carbocycles. The van der Waals surface area contributed by atoms with Gasteiger partial charge in [-0.2, -0.15) is 4.31 Å². The van der Waals surface area contributed by atoms with Crippen molar-refractivity contribution < 1.29 is 8.42 Å². The van der Waals surface area contributed by atoms with Crippen molar-refractivity contribution in [1.29, 1.82) is 0 Å². The summed E-state index contributed by atoms with van der Waals surface area (Å²) in [5.41, 5.74) is 5.80. The van der Waals surface area contributed by atoms with Crippen molar-refractivity contribution in [1.82, 2.24) is 4.31 Å². The number of halogens is 2. The van der Waals surface area contributed by atoms with Crippen LogP contribution in [0.25, 0.3) is 0 Å². The minimum Gasteiger partial charge on any atom is -0.327 e. The van der Waals surface area contributed by atoms with E-state index in [4.69, 9.17) is 17.3 Å². The van der Waals surface area contributed by atoms with E-state index >= 15 is 0 Å². The standard InChI is InChI=1S/C9H12BrClN2O2S2/c10-9-7(11)4-8(16-9)17(14,15)13-3-1-2-6(12)5-13/h4,6H,1-3,5,12H2/t6-/m1/s1. The Bertz CT molecular complexity index is 498. The van der Waals surface area contributed by atoms with E-state index in [0.717, 1.165) is 24.2 Å². The van der Waals surface area contributed by atoms with Gasteiger partial charge in [0.15, 0.2) is 0 Å². The second-order valence-corrected chi connectivity index (χ2v) is 8.89. The van der Waals surface area contributed by atoms with Crippen LogP contribution in [0.2, 0.25) is 5.02 Å². The van der Waals surface area contributed by atoms with E-state index in [1.54, 1.807) is 0 Å². The third-order valence-electron chi connectivity index (χ3n) is 2.64.